The zero-order valence-corrected chi connectivity index (χ0v) is 9.34. The summed E-state index contributed by atoms with van der Waals surface area (Å²) in [5, 5.41) is 0.265. The number of isocyanates is 1. The zero-order valence-electron chi connectivity index (χ0n) is 8.59. The highest BCUT2D eigenvalue weighted by Crippen LogP contribution is 2.53. The molecule has 0 amide bonds. The number of aliphatic imine (C=N–C) groups is 1. The minimum atomic E-state index is -0.682. The second-order valence-corrected chi connectivity index (χ2v) is 4.14. The number of hydrogen-bond acceptors (Lipinski definition) is 3. The number of carbonyl (C=O) groups excluding carboxylic acids is 1. The van der Waals surface area contributed by atoms with Gasteiger partial charge in [-0.1, -0.05) is 11.6 Å². The van der Waals surface area contributed by atoms with Gasteiger partial charge in [0.1, 0.15) is 5.54 Å². The minimum absolute atomic E-state index is 0.0981. The Hall–Kier alpha value is -1.38. The van der Waals surface area contributed by atoms with E-state index < -0.39 is 11.4 Å². The summed E-state index contributed by atoms with van der Waals surface area (Å²) in [7, 11) is 1.37. The largest absolute Gasteiger partial charge is 0.493 e. The molecule has 1 fully saturated rings. The fourth-order valence-corrected chi connectivity index (χ4v) is 1.97. The van der Waals surface area contributed by atoms with Crippen LogP contribution in [0.4, 0.5) is 4.39 Å². The lowest BCUT2D eigenvalue weighted by atomic mass is 10.0. The van der Waals surface area contributed by atoms with Crippen LogP contribution in [0.25, 0.3) is 0 Å². The van der Waals surface area contributed by atoms with E-state index >= 15 is 0 Å². The summed E-state index contributed by atoms with van der Waals surface area (Å²) in [6, 6.07) is 2.75. The highest BCUT2D eigenvalue weighted by molar-refractivity contribution is 6.30. The Bertz CT molecular complexity index is 479. The molecule has 0 unspecified atom stereocenters. The number of benzene rings is 1. The molecule has 0 aromatic heterocycles. The summed E-state index contributed by atoms with van der Waals surface area (Å²) in [5.41, 5.74) is -0.165. The third-order valence-corrected chi connectivity index (χ3v) is 2.92. The summed E-state index contributed by atoms with van der Waals surface area (Å²) in [6.07, 6.45) is 2.87. The van der Waals surface area contributed by atoms with Gasteiger partial charge in [-0.15, -0.1) is 0 Å². The van der Waals surface area contributed by atoms with Crippen molar-refractivity contribution in [1.82, 2.24) is 0 Å². The van der Waals surface area contributed by atoms with E-state index in [4.69, 9.17) is 16.3 Å². The molecule has 0 saturated heterocycles. The van der Waals surface area contributed by atoms with E-state index in [-0.39, 0.29) is 10.8 Å². The maximum absolute atomic E-state index is 13.6. The molecular weight excluding hydrogens is 233 g/mol. The first kappa shape index (κ1) is 11.1. The molecule has 1 saturated carbocycles. The maximum atomic E-state index is 13.6. The first-order chi connectivity index (χ1) is 7.63. The minimum Gasteiger partial charge on any atom is -0.493 e. The van der Waals surface area contributed by atoms with Crippen LogP contribution in [0.3, 0.4) is 0 Å². The van der Waals surface area contributed by atoms with Gasteiger partial charge in [-0.05, 0) is 25.0 Å². The van der Waals surface area contributed by atoms with Gasteiger partial charge in [-0.25, -0.2) is 9.18 Å². The Morgan fingerprint density at radius 1 is 1.56 bits per heavy atom. The van der Waals surface area contributed by atoms with Gasteiger partial charge < -0.3 is 4.74 Å². The second kappa shape index (κ2) is 3.89. The van der Waals surface area contributed by atoms with Gasteiger partial charge in [0, 0.05) is 10.6 Å². The van der Waals surface area contributed by atoms with Crippen LogP contribution in [0.5, 0.6) is 5.75 Å². The van der Waals surface area contributed by atoms with Gasteiger partial charge in [0.2, 0.25) is 6.08 Å². The molecule has 1 aliphatic carbocycles. The molecule has 3 nitrogen and oxygen atoms in total. The molecule has 2 rings (SSSR count). The molecule has 0 N–H and O–H groups in total. The van der Waals surface area contributed by atoms with E-state index in [2.05, 4.69) is 4.99 Å². The van der Waals surface area contributed by atoms with Crippen LogP contribution in [0.2, 0.25) is 5.02 Å². The van der Waals surface area contributed by atoms with Crippen molar-refractivity contribution in [2.45, 2.75) is 18.4 Å². The van der Waals surface area contributed by atoms with Crippen LogP contribution < -0.4 is 4.74 Å². The molecule has 1 aromatic rings. The van der Waals surface area contributed by atoms with Crippen molar-refractivity contribution >= 4 is 17.7 Å². The summed E-state index contributed by atoms with van der Waals surface area (Å²) in [5.74, 6) is -0.446. The van der Waals surface area contributed by atoms with Crippen molar-refractivity contribution in [2.75, 3.05) is 7.11 Å². The Morgan fingerprint density at radius 3 is 2.75 bits per heavy atom. The van der Waals surface area contributed by atoms with Crippen LogP contribution >= 0.6 is 11.6 Å². The lowest BCUT2D eigenvalue weighted by Gasteiger charge is -2.14. The fourth-order valence-electron chi connectivity index (χ4n) is 1.76. The SMILES string of the molecule is COc1c(F)cc(Cl)cc1C1(N=C=O)CC1. The van der Waals surface area contributed by atoms with E-state index in [0.717, 1.165) is 0 Å². The maximum Gasteiger partial charge on any atom is 0.235 e. The van der Waals surface area contributed by atoms with Crippen molar-refractivity contribution < 1.29 is 13.9 Å². The van der Waals surface area contributed by atoms with Crippen molar-refractivity contribution in [3.05, 3.63) is 28.5 Å². The zero-order chi connectivity index (χ0) is 11.8. The Balaban J connectivity index is 2.59. The molecule has 0 aliphatic heterocycles. The van der Waals surface area contributed by atoms with Gasteiger partial charge in [-0.3, -0.25) is 0 Å². The molecule has 1 aliphatic rings. The lowest BCUT2D eigenvalue weighted by molar-refractivity contribution is 0.376. The molecular formula is C11H9ClFNO2. The Kier molecular flexibility index (Phi) is 2.70. The van der Waals surface area contributed by atoms with Crippen molar-refractivity contribution in [3.63, 3.8) is 0 Å². The van der Waals surface area contributed by atoms with E-state index in [9.17, 15) is 9.18 Å². The average molecular weight is 242 g/mol. The highest BCUT2D eigenvalue weighted by Gasteiger charge is 2.47. The first-order valence-electron chi connectivity index (χ1n) is 4.75. The number of rotatable bonds is 3. The Morgan fingerprint density at radius 2 is 2.25 bits per heavy atom. The van der Waals surface area contributed by atoms with Crippen LogP contribution in [0.1, 0.15) is 18.4 Å². The molecule has 84 valence electrons. The molecule has 0 atom stereocenters. The summed E-state index contributed by atoms with van der Waals surface area (Å²) in [6.45, 7) is 0. The van der Waals surface area contributed by atoms with Crippen molar-refractivity contribution in [3.8, 4) is 5.75 Å². The highest BCUT2D eigenvalue weighted by atomic mass is 35.5. The predicted molar refractivity (Wildman–Crippen MR) is 57.0 cm³/mol. The Labute approximate surface area is 96.9 Å². The second-order valence-electron chi connectivity index (χ2n) is 3.70. The van der Waals surface area contributed by atoms with Crippen LogP contribution in [0.15, 0.2) is 17.1 Å². The van der Waals surface area contributed by atoms with Gasteiger partial charge in [0.15, 0.2) is 11.6 Å². The van der Waals surface area contributed by atoms with E-state index in [0.29, 0.717) is 18.4 Å². The number of methoxy groups -OCH3 is 1. The number of halogens is 2. The number of nitrogens with zero attached hydrogens (tertiary/aromatic N) is 1. The van der Waals surface area contributed by atoms with Gasteiger partial charge >= 0.3 is 0 Å². The van der Waals surface area contributed by atoms with E-state index in [1.54, 1.807) is 6.07 Å². The van der Waals surface area contributed by atoms with Gasteiger partial charge in [0.05, 0.1) is 7.11 Å². The van der Waals surface area contributed by atoms with Gasteiger partial charge in [0.25, 0.3) is 0 Å². The number of ether oxygens (including phenoxy) is 1. The van der Waals surface area contributed by atoms with E-state index in [1.807, 2.05) is 0 Å². The van der Waals surface area contributed by atoms with Crippen LogP contribution in [-0.4, -0.2) is 13.2 Å². The van der Waals surface area contributed by atoms with Crippen molar-refractivity contribution in [2.24, 2.45) is 4.99 Å². The fraction of sp³-hybridized carbons (Fsp3) is 0.364. The predicted octanol–water partition coefficient (Wildman–Crippen LogP) is 2.81. The normalized spacial score (nSPS) is 16.4. The first-order valence-corrected chi connectivity index (χ1v) is 5.13. The number of hydrogen-bond donors (Lipinski definition) is 0. The molecule has 0 heterocycles. The van der Waals surface area contributed by atoms with Crippen molar-refractivity contribution in [1.29, 1.82) is 0 Å². The van der Waals surface area contributed by atoms with Crippen LogP contribution in [0, 0.1) is 5.82 Å². The molecule has 0 bridgehead atoms. The topological polar surface area (TPSA) is 38.7 Å². The lowest BCUT2D eigenvalue weighted by Crippen LogP contribution is -2.06. The van der Waals surface area contributed by atoms with E-state index in [1.165, 1.54) is 19.3 Å². The standard InChI is InChI=1S/C11H9ClFNO2/c1-16-10-8(4-7(12)5-9(10)13)11(2-3-11)14-6-15/h4-5H,2-3H2,1H3. The van der Waals surface area contributed by atoms with Gasteiger partial charge in [-0.2, -0.15) is 4.99 Å². The monoisotopic (exact) mass is 241 g/mol. The summed E-state index contributed by atoms with van der Waals surface area (Å²) in [4.78, 5) is 14.1. The third kappa shape index (κ3) is 1.70. The molecule has 16 heavy (non-hydrogen) atoms. The molecule has 1 aromatic carbocycles. The van der Waals surface area contributed by atoms with Crippen LogP contribution in [-0.2, 0) is 10.3 Å². The third-order valence-electron chi connectivity index (χ3n) is 2.70. The quantitative estimate of drug-likeness (QED) is 0.603. The molecule has 5 heteroatoms. The summed E-state index contributed by atoms with van der Waals surface area (Å²) >= 11 is 5.78. The molecule has 0 radical (unpaired) electrons. The summed E-state index contributed by atoms with van der Waals surface area (Å²) < 4.78 is 18.5. The smallest absolute Gasteiger partial charge is 0.235 e. The average Bonchev–Trinajstić information content (AvgIpc) is 2.98. The molecule has 0 spiro atoms.